The lowest BCUT2D eigenvalue weighted by molar-refractivity contribution is -0.120. The third-order valence-corrected chi connectivity index (χ3v) is 10.6. The number of fused-ring (bicyclic) bond motifs is 1. The number of nitrogens with two attached hydrogens (primary N) is 1. The van der Waals surface area contributed by atoms with Gasteiger partial charge in [-0.1, -0.05) is 66.7 Å². The van der Waals surface area contributed by atoms with Gasteiger partial charge in [0.25, 0.3) is 5.56 Å². The van der Waals surface area contributed by atoms with E-state index in [1.807, 2.05) is 54.6 Å². The molecule has 1 aliphatic heterocycles. The van der Waals surface area contributed by atoms with Crippen molar-refractivity contribution in [2.75, 3.05) is 33.2 Å². The van der Waals surface area contributed by atoms with Gasteiger partial charge in [0, 0.05) is 31.7 Å². The molecule has 52 heavy (non-hydrogen) atoms. The van der Waals surface area contributed by atoms with Gasteiger partial charge in [0.2, 0.25) is 5.91 Å². The maximum atomic E-state index is 14.6. The summed E-state index contributed by atoms with van der Waals surface area (Å²) in [5, 5.41) is 3.47. The van der Waals surface area contributed by atoms with Gasteiger partial charge >= 0.3 is 5.69 Å². The average Bonchev–Trinajstić information content (AvgIpc) is 3.36. The zero-order valence-corrected chi connectivity index (χ0v) is 29.6. The molecule has 7 rings (SSSR count). The van der Waals surface area contributed by atoms with E-state index in [4.69, 9.17) is 5.73 Å². The molecule has 1 atom stereocenters. The summed E-state index contributed by atoms with van der Waals surface area (Å²) in [6.45, 7) is 5.22. The number of nitrogens with one attached hydrogen (secondary N) is 1. The van der Waals surface area contributed by atoms with E-state index in [2.05, 4.69) is 51.4 Å². The molecule has 2 aromatic heterocycles. The van der Waals surface area contributed by atoms with Crippen LogP contribution < -0.4 is 22.3 Å². The van der Waals surface area contributed by atoms with E-state index in [1.165, 1.54) is 14.7 Å². The normalized spacial score (nSPS) is 19.3. The molecule has 0 bridgehead atoms. The van der Waals surface area contributed by atoms with E-state index in [9.17, 15) is 18.8 Å². The van der Waals surface area contributed by atoms with Crippen molar-refractivity contribution < 1.29 is 9.18 Å². The number of benzene rings is 3. The molecule has 5 aromatic rings. The predicted octanol–water partition coefficient (Wildman–Crippen LogP) is 4.66. The van der Waals surface area contributed by atoms with E-state index < -0.39 is 35.1 Å². The molecule has 2 aliphatic rings. The van der Waals surface area contributed by atoms with Gasteiger partial charge in [-0.25, -0.2) is 18.7 Å². The first-order valence-corrected chi connectivity index (χ1v) is 18.3. The largest absolute Gasteiger partial charge is 0.368 e. The van der Waals surface area contributed by atoms with Gasteiger partial charge in [0.05, 0.1) is 23.3 Å². The molecular formula is C41H46FN7O3. The monoisotopic (exact) mass is 703 g/mol. The van der Waals surface area contributed by atoms with Crippen molar-refractivity contribution in [1.82, 2.24) is 29.2 Å². The molecule has 2 fully saturated rings. The standard InChI is InChI=1S/C41H46FN7O3/c1-46-19-6-20-47(22-21-46)27-29-11-13-30(14-12-29)31-9-5-10-35(24-31)48-39-36(25-32(42)26-44-39)40(51)49(41(48)52)34-17-15-33(16-18-34)45-37(38(43)50)23-28-7-3-2-4-8-28/h2-5,7-14,24-26,33-34,37,45H,6,15-23,27H2,1H3,(H2,43,50)/t33-,34+,37-/m0/s1. The summed E-state index contributed by atoms with van der Waals surface area (Å²) < 4.78 is 17.3. The lowest BCUT2D eigenvalue weighted by Crippen LogP contribution is -2.50. The highest BCUT2D eigenvalue weighted by molar-refractivity contribution is 5.80. The van der Waals surface area contributed by atoms with Gasteiger partial charge in [0.1, 0.15) is 5.82 Å². The molecule has 0 spiro atoms. The second kappa shape index (κ2) is 15.7. The minimum Gasteiger partial charge on any atom is -0.368 e. The fraction of sp³-hybridized carbons (Fsp3) is 0.366. The Bertz CT molecular complexity index is 2140. The molecule has 0 radical (unpaired) electrons. The molecule has 1 saturated carbocycles. The van der Waals surface area contributed by atoms with Crippen LogP contribution in [0.1, 0.15) is 49.3 Å². The number of carbonyl (C=O) groups is 1. The summed E-state index contributed by atoms with van der Waals surface area (Å²) in [6.07, 6.45) is 4.99. The number of primary amides is 1. The summed E-state index contributed by atoms with van der Waals surface area (Å²) in [5.41, 5.74) is 9.52. The number of likely N-dealkylation sites (N-methyl/N-ethyl adjacent to an activating group) is 1. The Kier molecular flexibility index (Phi) is 10.7. The zero-order valence-electron chi connectivity index (χ0n) is 29.6. The van der Waals surface area contributed by atoms with Crippen LogP contribution in [0.25, 0.3) is 27.8 Å². The van der Waals surface area contributed by atoms with Gasteiger partial charge in [-0.3, -0.25) is 19.1 Å². The van der Waals surface area contributed by atoms with Crippen LogP contribution in [0.15, 0.2) is 101 Å². The van der Waals surface area contributed by atoms with E-state index in [1.54, 1.807) is 0 Å². The number of carbonyl (C=O) groups excluding carboxylic acids is 1. The van der Waals surface area contributed by atoms with Gasteiger partial charge in [-0.15, -0.1) is 0 Å². The Morgan fingerprint density at radius 1 is 0.885 bits per heavy atom. The van der Waals surface area contributed by atoms with Gasteiger partial charge in [-0.2, -0.15) is 0 Å². The Morgan fingerprint density at radius 2 is 1.65 bits per heavy atom. The Labute approximate surface area is 302 Å². The zero-order chi connectivity index (χ0) is 36.2. The first kappa shape index (κ1) is 35.4. The quantitative estimate of drug-likeness (QED) is 0.217. The van der Waals surface area contributed by atoms with Crippen molar-refractivity contribution in [1.29, 1.82) is 0 Å². The van der Waals surface area contributed by atoms with Crippen LogP contribution in [-0.4, -0.2) is 75.1 Å². The lowest BCUT2D eigenvalue weighted by Gasteiger charge is -2.32. The molecule has 3 heterocycles. The minimum absolute atomic E-state index is 0.0101. The van der Waals surface area contributed by atoms with E-state index in [0.717, 1.165) is 68.1 Å². The van der Waals surface area contributed by atoms with Gasteiger partial charge in [0.15, 0.2) is 5.65 Å². The van der Waals surface area contributed by atoms with Crippen molar-refractivity contribution in [3.8, 4) is 16.8 Å². The first-order valence-electron chi connectivity index (χ1n) is 18.3. The van der Waals surface area contributed by atoms with Crippen LogP contribution >= 0.6 is 0 Å². The van der Waals surface area contributed by atoms with Crippen molar-refractivity contribution in [3.05, 3.63) is 129 Å². The molecule has 3 aromatic carbocycles. The number of halogens is 1. The molecule has 1 saturated heterocycles. The molecular weight excluding hydrogens is 657 g/mol. The number of nitrogens with zero attached hydrogens (tertiary/aromatic N) is 5. The second-order valence-electron chi connectivity index (χ2n) is 14.3. The van der Waals surface area contributed by atoms with Crippen molar-refractivity contribution in [3.63, 3.8) is 0 Å². The Hall–Kier alpha value is -4.97. The van der Waals surface area contributed by atoms with E-state index >= 15 is 0 Å². The van der Waals surface area contributed by atoms with Gasteiger partial charge in [-0.05, 0) is 99.1 Å². The minimum atomic E-state index is -0.647. The maximum absolute atomic E-state index is 14.6. The number of rotatable bonds is 10. The van der Waals surface area contributed by atoms with Crippen LogP contribution in [0.5, 0.6) is 0 Å². The van der Waals surface area contributed by atoms with Crippen molar-refractivity contribution >= 4 is 16.9 Å². The third kappa shape index (κ3) is 7.91. The van der Waals surface area contributed by atoms with Crippen LogP contribution in [0.3, 0.4) is 0 Å². The number of hydrogen-bond donors (Lipinski definition) is 2. The highest BCUT2D eigenvalue weighted by Crippen LogP contribution is 2.29. The summed E-state index contributed by atoms with van der Waals surface area (Å²) >= 11 is 0. The van der Waals surface area contributed by atoms with Crippen molar-refractivity contribution in [2.45, 2.75) is 63.2 Å². The molecule has 1 amide bonds. The summed E-state index contributed by atoms with van der Waals surface area (Å²) in [7, 11) is 2.17. The maximum Gasteiger partial charge on any atom is 0.337 e. The lowest BCUT2D eigenvalue weighted by atomic mass is 9.90. The molecule has 11 heteroatoms. The molecule has 10 nitrogen and oxygen atoms in total. The average molecular weight is 704 g/mol. The van der Waals surface area contributed by atoms with Gasteiger partial charge < -0.3 is 16.0 Å². The van der Waals surface area contributed by atoms with Crippen LogP contribution in [0.4, 0.5) is 4.39 Å². The number of aromatic nitrogens is 3. The first-order chi connectivity index (χ1) is 25.2. The Morgan fingerprint density at radius 3 is 2.40 bits per heavy atom. The number of pyridine rings is 1. The summed E-state index contributed by atoms with van der Waals surface area (Å²) in [5.74, 6) is -1.07. The topological polar surface area (TPSA) is 118 Å². The molecule has 1 aliphatic carbocycles. The van der Waals surface area contributed by atoms with Crippen LogP contribution in [0, 0.1) is 5.82 Å². The Balaban J connectivity index is 1.14. The SMILES string of the molecule is CN1CCCN(Cc2ccc(-c3cccc(-n4c(=O)n([C@H]5CC[C@@H](N[C@@H](Cc6ccccc6)C(N)=O)CC5)c(=O)c5cc(F)cnc54)c3)cc2)CC1. The second-order valence-corrected chi connectivity index (χ2v) is 14.3. The highest BCUT2D eigenvalue weighted by atomic mass is 19.1. The van der Waals surface area contributed by atoms with Crippen LogP contribution in [0.2, 0.25) is 0 Å². The molecule has 270 valence electrons. The highest BCUT2D eigenvalue weighted by Gasteiger charge is 2.29. The third-order valence-electron chi connectivity index (χ3n) is 10.6. The predicted molar refractivity (Wildman–Crippen MR) is 202 cm³/mol. The fourth-order valence-corrected chi connectivity index (χ4v) is 7.76. The summed E-state index contributed by atoms with van der Waals surface area (Å²) in [6, 6.07) is 26.0. The van der Waals surface area contributed by atoms with Crippen LogP contribution in [-0.2, 0) is 17.8 Å². The smallest absolute Gasteiger partial charge is 0.337 e. The van der Waals surface area contributed by atoms with E-state index in [-0.39, 0.29) is 17.1 Å². The summed E-state index contributed by atoms with van der Waals surface area (Å²) in [4.78, 5) is 49.7. The number of amides is 1. The molecule has 3 N–H and O–H groups in total. The van der Waals surface area contributed by atoms with E-state index in [0.29, 0.717) is 37.8 Å². The van der Waals surface area contributed by atoms with Crippen molar-refractivity contribution in [2.24, 2.45) is 5.73 Å². The molecule has 0 unspecified atom stereocenters. The fourth-order valence-electron chi connectivity index (χ4n) is 7.76. The number of hydrogen-bond acceptors (Lipinski definition) is 7.